The van der Waals surface area contributed by atoms with Crippen LogP contribution in [0.3, 0.4) is 0 Å². The molecular weight excluding hydrogens is 368 g/mol. The zero-order valence-corrected chi connectivity index (χ0v) is 16.8. The van der Waals surface area contributed by atoms with Crippen molar-refractivity contribution in [2.45, 2.75) is 25.8 Å². The number of likely N-dealkylation sites (tertiary alicyclic amines) is 1. The summed E-state index contributed by atoms with van der Waals surface area (Å²) in [6.07, 6.45) is 2.94. The average molecular weight is 394 g/mol. The summed E-state index contributed by atoms with van der Waals surface area (Å²) in [5.74, 6) is 1.94. The van der Waals surface area contributed by atoms with Gasteiger partial charge >= 0.3 is 0 Å². The highest BCUT2D eigenvalue weighted by atomic mass is 16.5. The Balaban J connectivity index is 1.51. The van der Waals surface area contributed by atoms with Gasteiger partial charge in [0.2, 0.25) is 0 Å². The number of furan rings is 1. The van der Waals surface area contributed by atoms with Gasteiger partial charge in [0.15, 0.2) is 5.76 Å². The fourth-order valence-electron chi connectivity index (χ4n) is 3.88. The van der Waals surface area contributed by atoms with Crippen molar-refractivity contribution < 1.29 is 13.9 Å². The molecule has 0 spiro atoms. The van der Waals surface area contributed by atoms with Gasteiger partial charge in [-0.1, -0.05) is 6.07 Å². The first-order valence-corrected chi connectivity index (χ1v) is 9.95. The van der Waals surface area contributed by atoms with E-state index in [4.69, 9.17) is 9.15 Å². The standard InChI is InChI=1S/C22H26N4O3/c1-3-23-22(27)21-7-6-20(29-21)17-12-15(4-5-19(17)28-2)13-26-11-9-16(14-26)18-8-10-24-25-18/h4-8,10,12,16H,3,9,11,13-14H2,1-2H3,(H,23,27)(H,24,25). The summed E-state index contributed by atoms with van der Waals surface area (Å²) in [7, 11) is 1.64. The second kappa shape index (κ2) is 8.53. The normalized spacial score (nSPS) is 16.8. The lowest BCUT2D eigenvalue weighted by molar-refractivity contribution is 0.0929. The molecule has 152 valence electrons. The van der Waals surface area contributed by atoms with Crippen molar-refractivity contribution in [2.75, 3.05) is 26.7 Å². The van der Waals surface area contributed by atoms with Crippen molar-refractivity contribution >= 4 is 5.91 Å². The van der Waals surface area contributed by atoms with Gasteiger partial charge in [0.1, 0.15) is 11.5 Å². The minimum absolute atomic E-state index is 0.212. The molecule has 2 N–H and O–H groups in total. The number of aromatic amines is 1. The predicted octanol–water partition coefficient (Wildman–Crippen LogP) is 3.42. The maximum Gasteiger partial charge on any atom is 0.287 e. The maximum absolute atomic E-state index is 12.0. The van der Waals surface area contributed by atoms with E-state index in [-0.39, 0.29) is 5.91 Å². The molecule has 0 bridgehead atoms. The molecule has 1 aromatic carbocycles. The number of ether oxygens (including phenoxy) is 1. The first-order valence-electron chi connectivity index (χ1n) is 9.95. The van der Waals surface area contributed by atoms with E-state index in [9.17, 15) is 4.79 Å². The third kappa shape index (κ3) is 4.19. The highest BCUT2D eigenvalue weighted by molar-refractivity contribution is 5.92. The number of hydrogen-bond acceptors (Lipinski definition) is 5. The monoisotopic (exact) mass is 394 g/mol. The Hall–Kier alpha value is -3.06. The number of amides is 1. The minimum atomic E-state index is -0.212. The Kier molecular flexibility index (Phi) is 5.67. The van der Waals surface area contributed by atoms with Crippen LogP contribution < -0.4 is 10.1 Å². The minimum Gasteiger partial charge on any atom is -0.496 e. The van der Waals surface area contributed by atoms with Crippen LogP contribution >= 0.6 is 0 Å². The SMILES string of the molecule is CCNC(=O)c1ccc(-c2cc(CN3CCC(c4ccn[nH]4)C3)ccc2OC)o1. The molecule has 1 amide bonds. The predicted molar refractivity (Wildman–Crippen MR) is 110 cm³/mol. The number of nitrogens with one attached hydrogen (secondary N) is 2. The molecule has 1 fully saturated rings. The van der Waals surface area contributed by atoms with Crippen LogP contribution in [0.2, 0.25) is 0 Å². The summed E-state index contributed by atoms with van der Waals surface area (Å²) >= 11 is 0. The van der Waals surface area contributed by atoms with Crippen LogP contribution in [0.25, 0.3) is 11.3 Å². The Morgan fingerprint density at radius 2 is 2.24 bits per heavy atom. The van der Waals surface area contributed by atoms with Crippen LogP contribution in [0.4, 0.5) is 0 Å². The zero-order chi connectivity index (χ0) is 20.2. The molecule has 0 aliphatic carbocycles. The Bertz CT molecular complexity index is 964. The van der Waals surface area contributed by atoms with Crippen molar-refractivity contribution in [3.8, 4) is 17.1 Å². The van der Waals surface area contributed by atoms with Gasteiger partial charge in [-0.2, -0.15) is 5.10 Å². The quantitative estimate of drug-likeness (QED) is 0.642. The van der Waals surface area contributed by atoms with Crippen LogP contribution in [0.5, 0.6) is 5.75 Å². The molecule has 0 saturated carbocycles. The van der Waals surface area contributed by atoms with Gasteiger partial charge in [0, 0.05) is 37.4 Å². The van der Waals surface area contributed by atoms with Gasteiger partial charge in [-0.25, -0.2) is 0 Å². The summed E-state index contributed by atoms with van der Waals surface area (Å²) in [6, 6.07) is 11.7. The molecule has 1 unspecified atom stereocenters. The van der Waals surface area contributed by atoms with Crippen molar-refractivity contribution in [3.63, 3.8) is 0 Å². The molecular formula is C22H26N4O3. The van der Waals surface area contributed by atoms with Crippen LogP contribution in [-0.2, 0) is 6.54 Å². The fraction of sp³-hybridized carbons (Fsp3) is 0.364. The number of aromatic nitrogens is 2. The van der Waals surface area contributed by atoms with Crippen LogP contribution in [-0.4, -0.2) is 47.7 Å². The molecule has 1 saturated heterocycles. The number of benzene rings is 1. The molecule has 1 atom stereocenters. The third-order valence-electron chi connectivity index (χ3n) is 5.34. The highest BCUT2D eigenvalue weighted by Gasteiger charge is 2.25. The number of nitrogens with zero attached hydrogens (tertiary/aromatic N) is 2. The Morgan fingerprint density at radius 1 is 1.34 bits per heavy atom. The van der Waals surface area contributed by atoms with Crippen LogP contribution in [0.1, 0.15) is 41.1 Å². The first kappa shape index (κ1) is 19.3. The molecule has 2 aromatic heterocycles. The van der Waals surface area contributed by atoms with E-state index < -0.39 is 0 Å². The van der Waals surface area contributed by atoms with E-state index in [1.165, 1.54) is 11.3 Å². The molecule has 1 aliphatic heterocycles. The molecule has 4 rings (SSSR count). The van der Waals surface area contributed by atoms with E-state index in [1.54, 1.807) is 13.2 Å². The number of rotatable bonds is 7. The van der Waals surface area contributed by atoms with E-state index in [0.29, 0.717) is 24.0 Å². The van der Waals surface area contributed by atoms with Crippen LogP contribution in [0, 0.1) is 0 Å². The summed E-state index contributed by atoms with van der Waals surface area (Å²) in [6.45, 7) is 5.34. The first-order chi connectivity index (χ1) is 14.2. The molecule has 3 heterocycles. The zero-order valence-electron chi connectivity index (χ0n) is 16.8. The number of H-pyrrole nitrogens is 1. The summed E-state index contributed by atoms with van der Waals surface area (Å²) in [5, 5.41) is 9.91. The lowest BCUT2D eigenvalue weighted by atomic mass is 10.1. The largest absolute Gasteiger partial charge is 0.496 e. The smallest absolute Gasteiger partial charge is 0.287 e. The van der Waals surface area contributed by atoms with Crippen molar-refractivity contribution in [2.24, 2.45) is 0 Å². The lowest BCUT2D eigenvalue weighted by Gasteiger charge is -2.17. The maximum atomic E-state index is 12.0. The summed E-state index contributed by atoms with van der Waals surface area (Å²) < 4.78 is 11.3. The van der Waals surface area contributed by atoms with Gasteiger partial charge < -0.3 is 14.5 Å². The topological polar surface area (TPSA) is 83.4 Å². The summed E-state index contributed by atoms with van der Waals surface area (Å²) in [4.78, 5) is 14.5. The molecule has 7 heteroatoms. The van der Waals surface area contributed by atoms with Gasteiger partial charge in [-0.3, -0.25) is 14.8 Å². The molecule has 3 aromatic rings. The molecule has 29 heavy (non-hydrogen) atoms. The second-order valence-corrected chi connectivity index (χ2v) is 7.29. The Morgan fingerprint density at radius 3 is 3.00 bits per heavy atom. The number of carbonyl (C=O) groups is 1. The van der Waals surface area contributed by atoms with E-state index in [1.807, 2.05) is 25.3 Å². The third-order valence-corrected chi connectivity index (χ3v) is 5.34. The fourth-order valence-corrected chi connectivity index (χ4v) is 3.88. The Labute approximate surface area is 170 Å². The van der Waals surface area contributed by atoms with Crippen LogP contribution in [0.15, 0.2) is 47.0 Å². The van der Waals surface area contributed by atoms with Crippen molar-refractivity contribution in [1.29, 1.82) is 0 Å². The number of hydrogen-bond donors (Lipinski definition) is 2. The lowest BCUT2D eigenvalue weighted by Crippen LogP contribution is -2.21. The molecule has 7 nitrogen and oxygen atoms in total. The van der Waals surface area contributed by atoms with Gasteiger partial charge in [-0.05, 0) is 55.8 Å². The average Bonchev–Trinajstić information content (AvgIpc) is 3.49. The second-order valence-electron chi connectivity index (χ2n) is 7.29. The van der Waals surface area contributed by atoms with E-state index in [2.05, 4.69) is 38.6 Å². The van der Waals surface area contributed by atoms with E-state index in [0.717, 1.165) is 37.4 Å². The number of methoxy groups -OCH3 is 1. The molecule has 1 aliphatic rings. The van der Waals surface area contributed by atoms with Gasteiger partial charge in [0.25, 0.3) is 5.91 Å². The highest BCUT2D eigenvalue weighted by Crippen LogP contribution is 2.33. The summed E-state index contributed by atoms with van der Waals surface area (Å²) in [5.41, 5.74) is 3.24. The van der Waals surface area contributed by atoms with Crippen molar-refractivity contribution in [3.05, 3.63) is 59.6 Å². The van der Waals surface area contributed by atoms with E-state index >= 15 is 0 Å². The van der Waals surface area contributed by atoms with Gasteiger partial charge in [0.05, 0.1) is 12.7 Å². The van der Waals surface area contributed by atoms with Gasteiger partial charge in [-0.15, -0.1) is 0 Å². The molecule has 0 radical (unpaired) electrons. The number of carbonyl (C=O) groups excluding carboxylic acids is 1. The van der Waals surface area contributed by atoms with Crippen molar-refractivity contribution in [1.82, 2.24) is 20.4 Å².